The second kappa shape index (κ2) is 8.54. The Morgan fingerprint density at radius 1 is 1.20 bits per heavy atom. The van der Waals surface area contributed by atoms with E-state index in [-0.39, 0.29) is 12.1 Å². The number of carbonyl (C=O) groups is 2. The van der Waals surface area contributed by atoms with Gasteiger partial charge in [0, 0.05) is 18.7 Å². The third kappa shape index (κ3) is 4.44. The molecule has 4 unspecified atom stereocenters. The lowest BCUT2D eigenvalue weighted by molar-refractivity contribution is -0.138. The van der Waals surface area contributed by atoms with E-state index in [1.54, 1.807) is 0 Å². The number of likely N-dealkylation sites (tertiary alicyclic amines) is 1. The van der Waals surface area contributed by atoms with Gasteiger partial charge >= 0.3 is 12.1 Å². The predicted molar refractivity (Wildman–Crippen MR) is 96.7 cm³/mol. The molecule has 1 saturated carbocycles. The van der Waals surface area contributed by atoms with Gasteiger partial charge < -0.3 is 14.4 Å². The lowest BCUT2D eigenvalue weighted by Gasteiger charge is -2.52. The van der Waals surface area contributed by atoms with Crippen LogP contribution >= 0.6 is 0 Å². The van der Waals surface area contributed by atoms with E-state index in [9.17, 15) is 9.59 Å². The van der Waals surface area contributed by atoms with Crippen molar-refractivity contribution in [3.8, 4) is 0 Å². The highest BCUT2D eigenvalue weighted by atomic mass is 16.5. The molecule has 1 saturated heterocycles. The maximum absolute atomic E-state index is 12.1. The van der Waals surface area contributed by atoms with Gasteiger partial charge in [-0.05, 0) is 56.3 Å². The van der Waals surface area contributed by atoms with Crippen molar-refractivity contribution in [3.63, 3.8) is 0 Å². The van der Waals surface area contributed by atoms with Crippen molar-refractivity contribution in [2.24, 2.45) is 29.6 Å². The smallest absolute Gasteiger partial charge is 0.414 e. The zero-order valence-electron chi connectivity index (χ0n) is 15.9. The summed E-state index contributed by atoms with van der Waals surface area (Å²) in [7, 11) is 0. The summed E-state index contributed by atoms with van der Waals surface area (Å²) in [6.45, 7) is 13.5. The molecule has 2 fully saturated rings. The third-order valence-electron chi connectivity index (χ3n) is 5.90. The van der Waals surface area contributed by atoms with Gasteiger partial charge in [-0.15, -0.1) is 0 Å². The van der Waals surface area contributed by atoms with E-state index in [0.29, 0.717) is 54.9 Å². The zero-order valence-corrected chi connectivity index (χ0v) is 15.9. The number of hydrogen-bond donors (Lipinski definition) is 0. The summed E-state index contributed by atoms with van der Waals surface area (Å²) in [5.74, 6) is 2.20. The van der Waals surface area contributed by atoms with E-state index >= 15 is 0 Å². The number of nitrogens with zero attached hydrogens (tertiary/aromatic N) is 1. The SMILES string of the molecule is C=COC(=O)N1CC2C(C)CC(C)C(C1)C2C/C=C(\C)C(=O)OCC. The number of fused-ring (bicyclic) bond motifs is 2. The minimum atomic E-state index is -0.303. The number of rotatable bonds is 5. The number of allylic oxidation sites excluding steroid dienone is 1. The fourth-order valence-corrected chi connectivity index (χ4v) is 4.60. The topological polar surface area (TPSA) is 55.8 Å². The molecular formula is C20H31NO4. The first-order valence-corrected chi connectivity index (χ1v) is 9.29. The second-order valence-corrected chi connectivity index (χ2v) is 7.48. The molecule has 0 N–H and O–H groups in total. The van der Waals surface area contributed by atoms with Crippen LogP contribution in [-0.4, -0.2) is 36.7 Å². The van der Waals surface area contributed by atoms with Crippen LogP contribution in [0.1, 0.15) is 40.5 Å². The van der Waals surface area contributed by atoms with Gasteiger partial charge in [0.1, 0.15) is 0 Å². The molecule has 0 spiro atoms. The molecule has 1 aliphatic carbocycles. The van der Waals surface area contributed by atoms with E-state index in [1.165, 1.54) is 12.7 Å². The summed E-state index contributed by atoms with van der Waals surface area (Å²) in [6, 6.07) is 0. The van der Waals surface area contributed by atoms with Crippen molar-refractivity contribution in [1.29, 1.82) is 0 Å². The highest BCUT2D eigenvalue weighted by molar-refractivity contribution is 5.87. The first kappa shape index (κ1) is 19.5. The average molecular weight is 349 g/mol. The van der Waals surface area contributed by atoms with Crippen molar-refractivity contribution in [3.05, 3.63) is 24.5 Å². The van der Waals surface area contributed by atoms with E-state index in [2.05, 4.69) is 20.4 Å². The molecule has 4 atom stereocenters. The molecule has 1 amide bonds. The zero-order chi connectivity index (χ0) is 18.6. The molecule has 1 heterocycles. The fraction of sp³-hybridized carbons (Fsp3) is 0.700. The molecule has 25 heavy (non-hydrogen) atoms. The van der Waals surface area contributed by atoms with E-state index in [4.69, 9.17) is 9.47 Å². The first-order chi connectivity index (χ1) is 11.9. The number of piperidine rings is 1. The quantitative estimate of drug-likeness (QED) is 0.427. The van der Waals surface area contributed by atoms with Crippen LogP contribution in [0, 0.1) is 29.6 Å². The van der Waals surface area contributed by atoms with E-state index in [1.807, 2.05) is 24.8 Å². The number of amides is 1. The van der Waals surface area contributed by atoms with Crippen LogP contribution in [0.3, 0.4) is 0 Å². The highest BCUT2D eigenvalue weighted by Crippen LogP contribution is 2.47. The van der Waals surface area contributed by atoms with Gasteiger partial charge in [0.25, 0.3) is 0 Å². The molecule has 0 aromatic carbocycles. The largest absolute Gasteiger partial charge is 0.463 e. The standard InChI is InChI=1S/C20H31NO4/c1-6-24-19(22)13(3)8-9-16-17-11-21(20(23)25-7-2)12-18(16)15(5)10-14(17)4/h7-8,14-18H,2,6,9-12H2,1,3-5H3/b13-8+. The van der Waals surface area contributed by atoms with Crippen LogP contribution in [0.5, 0.6) is 0 Å². The molecule has 0 radical (unpaired) electrons. The van der Waals surface area contributed by atoms with Gasteiger partial charge in [-0.25, -0.2) is 9.59 Å². The number of hydrogen-bond acceptors (Lipinski definition) is 4. The number of carbonyl (C=O) groups excluding carboxylic acids is 2. The maximum Gasteiger partial charge on any atom is 0.414 e. The van der Waals surface area contributed by atoms with Gasteiger partial charge in [0.05, 0.1) is 12.9 Å². The summed E-state index contributed by atoms with van der Waals surface area (Å²) >= 11 is 0. The third-order valence-corrected chi connectivity index (χ3v) is 5.90. The predicted octanol–water partition coefficient (Wildman–Crippen LogP) is 4.01. The molecule has 0 aromatic rings. The summed E-state index contributed by atoms with van der Waals surface area (Å²) in [5.41, 5.74) is 0.675. The van der Waals surface area contributed by atoms with Crippen LogP contribution in [0.2, 0.25) is 0 Å². The summed E-state index contributed by atoms with van der Waals surface area (Å²) in [4.78, 5) is 25.8. The van der Waals surface area contributed by atoms with Crippen molar-refractivity contribution < 1.29 is 19.1 Å². The van der Waals surface area contributed by atoms with Crippen molar-refractivity contribution in [1.82, 2.24) is 4.90 Å². The molecular weight excluding hydrogens is 318 g/mol. The van der Waals surface area contributed by atoms with Gasteiger partial charge in [-0.2, -0.15) is 0 Å². The lowest BCUT2D eigenvalue weighted by Crippen LogP contribution is -2.55. The van der Waals surface area contributed by atoms with Gasteiger partial charge in [0.15, 0.2) is 0 Å². The van der Waals surface area contributed by atoms with E-state index in [0.717, 1.165) is 6.42 Å². The Balaban J connectivity index is 2.13. The van der Waals surface area contributed by atoms with Crippen LogP contribution in [0.25, 0.3) is 0 Å². The summed E-state index contributed by atoms with van der Waals surface area (Å²) in [5, 5.41) is 0. The molecule has 5 heteroatoms. The Morgan fingerprint density at radius 2 is 1.80 bits per heavy atom. The van der Waals surface area contributed by atoms with Crippen molar-refractivity contribution in [2.75, 3.05) is 19.7 Å². The Hall–Kier alpha value is -1.78. The Labute approximate surface area is 151 Å². The van der Waals surface area contributed by atoms with Gasteiger partial charge in [-0.1, -0.05) is 26.5 Å². The Kier molecular flexibility index (Phi) is 6.68. The molecule has 2 bridgehead atoms. The van der Waals surface area contributed by atoms with Crippen LogP contribution in [-0.2, 0) is 14.3 Å². The summed E-state index contributed by atoms with van der Waals surface area (Å²) < 4.78 is 10.1. The monoisotopic (exact) mass is 349 g/mol. The van der Waals surface area contributed by atoms with Crippen LogP contribution < -0.4 is 0 Å². The lowest BCUT2D eigenvalue weighted by atomic mass is 9.59. The second-order valence-electron chi connectivity index (χ2n) is 7.48. The maximum atomic E-state index is 12.1. The molecule has 2 rings (SSSR count). The normalized spacial score (nSPS) is 32.1. The minimum absolute atomic E-state index is 0.235. The van der Waals surface area contributed by atoms with E-state index < -0.39 is 0 Å². The Bertz CT molecular complexity index is 524. The number of esters is 1. The first-order valence-electron chi connectivity index (χ1n) is 9.29. The van der Waals surface area contributed by atoms with Crippen molar-refractivity contribution in [2.45, 2.75) is 40.5 Å². The fourth-order valence-electron chi connectivity index (χ4n) is 4.60. The molecule has 1 aliphatic heterocycles. The molecule has 2 aliphatic rings. The minimum Gasteiger partial charge on any atom is -0.463 e. The highest BCUT2D eigenvalue weighted by Gasteiger charge is 2.46. The molecule has 140 valence electrons. The van der Waals surface area contributed by atoms with Gasteiger partial charge in [0.2, 0.25) is 0 Å². The number of ether oxygens (including phenoxy) is 2. The van der Waals surface area contributed by atoms with Crippen LogP contribution in [0.4, 0.5) is 4.79 Å². The van der Waals surface area contributed by atoms with Crippen LogP contribution in [0.15, 0.2) is 24.5 Å². The Morgan fingerprint density at radius 3 is 2.32 bits per heavy atom. The molecule has 5 nitrogen and oxygen atoms in total. The summed E-state index contributed by atoms with van der Waals surface area (Å²) in [6.07, 6.45) is 4.96. The molecule has 0 aromatic heterocycles. The van der Waals surface area contributed by atoms with Gasteiger partial charge in [-0.3, -0.25) is 0 Å². The average Bonchev–Trinajstić information content (AvgIpc) is 2.57. The van der Waals surface area contributed by atoms with Crippen molar-refractivity contribution >= 4 is 12.1 Å².